The van der Waals surface area contributed by atoms with E-state index in [1.165, 1.54) is 13.2 Å². The summed E-state index contributed by atoms with van der Waals surface area (Å²) < 4.78 is 11.4. The summed E-state index contributed by atoms with van der Waals surface area (Å²) in [7, 11) is 1.49. The quantitative estimate of drug-likeness (QED) is 0.679. The third-order valence-corrected chi connectivity index (χ3v) is 3.71. The SMILES string of the molecule is CCCOc1c(Br)cc(C(=O)NC(CCC)C(=O)O)cc1OC. The molecule has 23 heavy (non-hydrogen) atoms. The summed E-state index contributed by atoms with van der Waals surface area (Å²) >= 11 is 3.36. The molecule has 1 aromatic carbocycles. The van der Waals surface area contributed by atoms with Gasteiger partial charge >= 0.3 is 5.97 Å². The lowest BCUT2D eigenvalue weighted by Crippen LogP contribution is -2.40. The van der Waals surface area contributed by atoms with Gasteiger partial charge in [-0.15, -0.1) is 0 Å². The molecule has 6 nitrogen and oxygen atoms in total. The van der Waals surface area contributed by atoms with E-state index in [1.54, 1.807) is 6.07 Å². The minimum atomic E-state index is -1.05. The van der Waals surface area contributed by atoms with Crippen LogP contribution >= 0.6 is 15.9 Å². The summed E-state index contributed by atoms with van der Waals surface area (Å²) in [5.41, 5.74) is 0.305. The number of carboxylic acid groups (broad SMARTS) is 1. The van der Waals surface area contributed by atoms with E-state index < -0.39 is 17.9 Å². The van der Waals surface area contributed by atoms with E-state index in [2.05, 4.69) is 21.2 Å². The number of carbonyl (C=O) groups excluding carboxylic acids is 1. The van der Waals surface area contributed by atoms with E-state index in [0.29, 0.717) is 41.0 Å². The smallest absolute Gasteiger partial charge is 0.326 e. The van der Waals surface area contributed by atoms with Gasteiger partial charge < -0.3 is 19.9 Å². The Kier molecular flexibility index (Phi) is 7.88. The number of nitrogens with one attached hydrogen (secondary N) is 1. The van der Waals surface area contributed by atoms with Gasteiger partial charge in [0.1, 0.15) is 6.04 Å². The highest BCUT2D eigenvalue weighted by Crippen LogP contribution is 2.36. The number of halogens is 1. The molecule has 0 saturated carbocycles. The molecule has 0 aliphatic heterocycles. The van der Waals surface area contributed by atoms with Gasteiger partial charge in [0.2, 0.25) is 0 Å². The third-order valence-electron chi connectivity index (χ3n) is 3.12. The number of carboxylic acids is 1. The van der Waals surface area contributed by atoms with Crippen molar-refractivity contribution < 1.29 is 24.2 Å². The number of carbonyl (C=O) groups is 2. The first-order valence-electron chi connectivity index (χ1n) is 7.48. The molecule has 0 radical (unpaired) electrons. The van der Waals surface area contributed by atoms with Crippen LogP contribution in [0, 0.1) is 0 Å². The molecule has 0 saturated heterocycles. The first-order valence-corrected chi connectivity index (χ1v) is 8.27. The number of hydrogen-bond acceptors (Lipinski definition) is 4. The monoisotopic (exact) mass is 387 g/mol. The number of ether oxygens (including phenoxy) is 2. The van der Waals surface area contributed by atoms with E-state index in [9.17, 15) is 9.59 Å². The molecule has 0 aliphatic carbocycles. The van der Waals surface area contributed by atoms with E-state index in [-0.39, 0.29) is 0 Å². The van der Waals surface area contributed by atoms with Crippen LogP contribution in [0.5, 0.6) is 11.5 Å². The van der Waals surface area contributed by atoms with Crippen molar-refractivity contribution in [3.8, 4) is 11.5 Å². The number of aliphatic carboxylic acids is 1. The normalized spacial score (nSPS) is 11.7. The van der Waals surface area contributed by atoms with Crippen LogP contribution in [0.1, 0.15) is 43.5 Å². The van der Waals surface area contributed by atoms with Gasteiger partial charge in [-0.3, -0.25) is 4.79 Å². The Morgan fingerprint density at radius 1 is 1.30 bits per heavy atom. The zero-order valence-electron chi connectivity index (χ0n) is 13.5. The Bertz CT molecular complexity index is 562. The summed E-state index contributed by atoms with van der Waals surface area (Å²) in [6.45, 7) is 4.38. The number of methoxy groups -OCH3 is 1. The summed E-state index contributed by atoms with van der Waals surface area (Å²) in [6, 6.07) is 2.22. The number of benzene rings is 1. The second-order valence-corrected chi connectivity index (χ2v) is 5.85. The summed E-state index contributed by atoms with van der Waals surface area (Å²) in [6.07, 6.45) is 1.88. The van der Waals surface area contributed by atoms with Crippen molar-refractivity contribution in [2.75, 3.05) is 13.7 Å². The van der Waals surface area contributed by atoms with Gasteiger partial charge in [0.05, 0.1) is 18.2 Å². The highest BCUT2D eigenvalue weighted by Gasteiger charge is 2.21. The van der Waals surface area contributed by atoms with E-state index >= 15 is 0 Å². The average Bonchev–Trinajstić information content (AvgIpc) is 2.52. The molecule has 128 valence electrons. The Hall–Kier alpha value is -1.76. The van der Waals surface area contributed by atoms with Crippen LogP contribution in [-0.2, 0) is 4.79 Å². The largest absolute Gasteiger partial charge is 0.493 e. The molecule has 1 rings (SSSR count). The molecule has 1 aromatic rings. The molecule has 1 atom stereocenters. The number of hydrogen-bond donors (Lipinski definition) is 2. The molecule has 7 heteroatoms. The van der Waals surface area contributed by atoms with Gasteiger partial charge in [-0.2, -0.15) is 0 Å². The van der Waals surface area contributed by atoms with Gasteiger partial charge in [-0.25, -0.2) is 4.79 Å². The molecule has 0 bridgehead atoms. The van der Waals surface area contributed by atoms with E-state index in [1.807, 2.05) is 13.8 Å². The second-order valence-electron chi connectivity index (χ2n) is 4.99. The van der Waals surface area contributed by atoms with Gasteiger partial charge in [0.15, 0.2) is 11.5 Å². The zero-order valence-corrected chi connectivity index (χ0v) is 15.1. The van der Waals surface area contributed by atoms with Crippen LogP contribution in [0.3, 0.4) is 0 Å². The molecule has 0 heterocycles. The van der Waals surface area contributed by atoms with Crippen LogP contribution in [0.25, 0.3) is 0 Å². The fourth-order valence-electron chi connectivity index (χ4n) is 1.98. The molecule has 0 aromatic heterocycles. The van der Waals surface area contributed by atoms with Crippen molar-refractivity contribution in [3.63, 3.8) is 0 Å². The minimum absolute atomic E-state index is 0.305. The lowest BCUT2D eigenvalue weighted by atomic mass is 10.1. The Morgan fingerprint density at radius 3 is 2.52 bits per heavy atom. The highest BCUT2D eigenvalue weighted by molar-refractivity contribution is 9.10. The third kappa shape index (κ3) is 5.42. The Morgan fingerprint density at radius 2 is 2.00 bits per heavy atom. The number of amides is 1. The predicted molar refractivity (Wildman–Crippen MR) is 90.3 cm³/mol. The molecule has 1 unspecified atom stereocenters. The van der Waals surface area contributed by atoms with Crippen LogP contribution in [-0.4, -0.2) is 36.7 Å². The van der Waals surface area contributed by atoms with Gasteiger partial charge in [0.25, 0.3) is 5.91 Å². The molecule has 0 aliphatic rings. The zero-order chi connectivity index (χ0) is 17.4. The molecular weight excluding hydrogens is 366 g/mol. The van der Waals surface area contributed by atoms with Crippen molar-refractivity contribution in [2.24, 2.45) is 0 Å². The van der Waals surface area contributed by atoms with Crippen LogP contribution in [0.4, 0.5) is 0 Å². The lowest BCUT2D eigenvalue weighted by molar-refractivity contribution is -0.139. The van der Waals surface area contributed by atoms with Gasteiger partial charge in [-0.05, 0) is 40.9 Å². The fourth-order valence-corrected chi connectivity index (χ4v) is 2.54. The second kappa shape index (κ2) is 9.39. The van der Waals surface area contributed by atoms with Crippen molar-refractivity contribution in [1.82, 2.24) is 5.32 Å². The Labute approximate surface area is 144 Å². The predicted octanol–water partition coefficient (Wildman–Crippen LogP) is 3.23. The van der Waals surface area contributed by atoms with Gasteiger partial charge in [0, 0.05) is 5.56 Å². The lowest BCUT2D eigenvalue weighted by Gasteiger charge is -2.16. The first kappa shape index (κ1) is 19.3. The molecule has 1 amide bonds. The topological polar surface area (TPSA) is 84.9 Å². The van der Waals surface area contributed by atoms with Crippen LogP contribution in [0.15, 0.2) is 16.6 Å². The van der Waals surface area contributed by atoms with Gasteiger partial charge in [-0.1, -0.05) is 20.3 Å². The van der Waals surface area contributed by atoms with Crippen molar-refractivity contribution in [3.05, 3.63) is 22.2 Å². The molecule has 2 N–H and O–H groups in total. The maximum absolute atomic E-state index is 12.3. The number of rotatable bonds is 9. The standard InChI is InChI=1S/C16H22BrNO5/c1-4-6-12(16(20)21)18-15(19)10-8-11(17)14(23-7-5-2)13(9-10)22-3/h8-9,12H,4-7H2,1-3H3,(H,18,19)(H,20,21). The summed E-state index contributed by atoms with van der Waals surface area (Å²) in [4.78, 5) is 23.4. The van der Waals surface area contributed by atoms with Crippen molar-refractivity contribution in [2.45, 2.75) is 39.2 Å². The molecule has 0 spiro atoms. The highest BCUT2D eigenvalue weighted by atomic mass is 79.9. The van der Waals surface area contributed by atoms with E-state index in [0.717, 1.165) is 6.42 Å². The molecular formula is C16H22BrNO5. The molecule has 0 fully saturated rings. The fraction of sp³-hybridized carbons (Fsp3) is 0.500. The Balaban J connectivity index is 3.01. The minimum Gasteiger partial charge on any atom is -0.493 e. The maximum Gasteiger partial charge on any atom is 0.326 e. The summed E-state index contributed by atoms with van der Waals surface area (Å²) in [5, 5.41) is 11.6. The average molecular weight is 388 g/mol. The first-order chi connectivity index (χ1) is 10.9. The van der Waals surface area contributed by atoms with Crippen LogP contribution < -0.4 is 14.8 Å². The van der Waals surface area contributed by atoms with E-state index in [4.69, 9.17) is 14.6 Å². The maximum atomic E-state index is 12.3. The van der Waals surface area contributed by atoms with Crippen molar-refractivity contribution in [1.29, 1.82) is 0 Å². The van der Waals surface area contributed by atoms with Crippen LogP contribution in [0.2, 0.25) is 0 Å². The van der Waals surface area contributed by atoms with Crippen molar-refractivity contribution >= 4 is 27.8 Å². The summed E-state index contributed by atoms with van der Waals surface area (Å²) in [5.74, 6) is -0.574.